The molecule has 2 aromatic rings. The molecule has 20 heavy (non-hydrogen) atoms. The van der Waals surface area contributed by atoms with Crippen molar-refractivity contribution < 1.29 is 9.90 Å². The molecule has 1 heterocycles. The van der Waals surface area contributed by atoms with Gasteiger partial charge in [0, 0.05) is 13.2 Å². The third-order valence-corrected chi connectivity index (χ3v) is 3.09. The molecule has 0 saturated carbocycles. The van der Waals surface area contributed by atoms with Crippen LogP contribution in [0.4, 0.5) is 0 Å². The molecule has 0 aliphatic heterocycles. The average Bonchev–Trinajstić information content (AvgIpc) is 2.84. The van der Waals surface area contributed by atoms with Crippen molar-refractivity contribution in [2.24, 2.45) is 12.8 Å². The summed E-state index contributed by atoms with van der Waals surface area (Å²) in [7, 11) is 1.82. The molecule has 6 heteroatoms. The van der Waals surface area contributed by atoms with Gasteiger partial charge >= 0.3 is 0 Å². The van der Waals surface area contributed by atoms with Crippen molar-refractivity contribution in [1.82, 2.24) is 15.1 Å². The summed E-state index contributed by atoms with van der Waals surface area (Å²) in [6.45, 7) is 0.401. The van der Waals surface area contributed by atoms with E-state index in [1.807, 2.05) is 13.1 Å². The van der Waals surface area contributed by atoms with Crippen molar-refractivity contribution in [2.45, 2.75) is 19.0 Å². The lowest BCUT2D eigenvalue weighted by Gasteiger charge is -2.12. The van der Waals surface area contributed by atoms with Gasteiger partial charge in [-0.1, -0.05) is 12.1 Å². The van der Waals surface area contributed by atoms with Gasteiger partial charge in [-0.25, -0.2) is 0 Å². The number of nitrogens with zero attached hydrogens (tertiary/aromatic N) is 2. The summed E-state index contributed by atoms with van der Waals surface area (Å²) in [6.07, 6.45) is 2.11. The molecule has 0 fully saturated rings. The second-order valence-electron chi connectivity index (χ2n) is 4.64. The fraction of sp³-hybridized carbons (Fsp3) is 0.286. The molecule has 0 bridgehead atoms. The number of aryl methyl sites for hydroxylation is 1. The molecule has 1 aromatic carbocycles. The summed E-state index contributed by atoms with van der Waals surface area (Å²) in [5.74, 6) is -0.0118. The van der Waals surface area contributed by atoms with Gasteiger partial charge < -0.3 is 16.2 Å². The zero-order valence-corrected chi connectivity index (χ0v) is 11.3. The Morgan fingerprint density at radius 3 is 2.70 bits per heavy atom. The lowest BCUT2D eigenvalue weighted by atomic mass is 10.1. The van der Waals surface area contributed by atoms with Crippen molar-refractivity contribution in [3.63, 3.8) is 0 Å². The van der Waals surface area contributed by atoms with Gasteiger partial charge in [-0.2, -0.15) is 5.10 Å². The number of amides is 1. The smallest absolute Gasteiger partial charge is 0.237 e. The minimum atomic E-state index is -0.618. The Hall–Kier alpha value is -2.34. The third kappa shape index (κ3) is 3.58. The highest BCUT2D eigenvalue weighted by atomic mass is 16.3. The first-order valence-corrected chi connectivity index (χ1v) is 6.34. The minimum Gasteiger partial charge on any atom is -0.508 e. The largest absolute Gasteiger partial charge is 0.508 e. The van der Waals surface area contributed by atoms with Gasteiger partial charge in [0.2, 0.25) is 5.91 Å². The van der Waals surface area contributed by atoms with Crippen LogP contribution in [0.25, 0.3) is 0 Å². The first kappa shape index (κ1) is 14.1. The molecule has 0 radical (unpaired) electrons. The maximum atomic E-state index is 11.9. The zero-order chi connectivity index (χ0) is 14.5. The first-order chi connectivity index (χ1) is 9.56. The SMILES string of the molecule is Cn1nccc1CNC(=O)C(N)Cc1ccc(O)cc1. The van der Waals surface area contributed by atoms with Crippen molar-refractivity contribution in [1.29, 1.82) is 0 Å². The van der Waals surface area contributed by atoms with E-state index in [4.69, 9.17) is 5.73 Å². The average molecular weight is 274 g/mol. The van der Waals surface area contributed by atoms with E-state index >= 15 is 0 Å². The van der Waals surface area contributed by atoms with E-state index in [0.717, 1.165) is 11.3 Å². The van der Waals surface area contributed by atoms with Crippen molar-refractivity contribution in [3.05, 3.63) is 47.8 Å². The Bertz CT molecular complexity index is 577. The van der Waals surface area contributed by atoms with Gasteiger partial charge in [0.1, 0.15) is 5.75 Å². The summed E-state index contributed by atoms with van der Waals surface area (Å²) in [6, 6.07) is 7.89. The molecule has 1 aromatic heterocycles. The molecule has 1 atom stereocenters. The van der Waals surface area contributed by atoms with Crippen LogP contribution in [-0.4, -0.2) is 26.8 Å². The summed E-state index contributed by atoms with van der Waals surface area (Å²) in [4.78, 5) is 11.9. The number of hydrogen-bond donors (Lipinski definition) is 3. The molecule has 4 N–H and O–H groups in total. The Morgan fingerprint density at radius 2 is 2.10 bits per heavy atom. The molecule has 0 spiro atoms. The highest BCUT2D eigenvalue weighted by molar-refractivity contribution is 5.81. The van der Waals surface area contributed by atoms with Crippen molar-refractivity contribution in [3.8, 4) is 5.75 Å². The molecule has 6 nitrogen and oxygen atoms in total. The first-order valence-electron chi connectivity index (χ1n) is 6.34. The van der Waals surface area contributed by atoms with Crippen LogP contribution < -0.4 is 11.1 Å². The number of carbonyl (C=O) groups is 1. The third-order valence-electron chi connectivity index (χ3n) is 3.09. The molecule has 2 rings (SSSR count). The number of phenolic OH excluding ortho intramolecular Hbond substituents is 1. The number of aromatic hydroxyl groups is 1. The minimum absolute atomic E-state index is 0.197. The number of nitrogens with one attached hydrogen (secondary N) is 1. The normalized spacial score (nSPS) is 12.1. The summed E-state index contributed by atoms with van der Waals surface area (Å²) < 4.78 is 1.70. The number of hydrogen-bond acceptors (Lipinski definition) is 4. The van der Waals surface area contributed by atoms with Crippen molar-refractivity contribution in [2.75, 3.05) is 0 Å². The van der Waals surface area contributed by atoms with Gasteiger partial charge in [0.25, 0.3) is 0 Å². The molecule has 1 unspecified atom stereocenters. The van der Waals surface area contributed by atoms with Crippen LogP contribution in [0.15, 0.2) is 36.5 Å². The van der Waals surface area contributed by atoms with Gasteiger partial charge in [-0.15, -0.1) is 0 Å². The molecular weight excluding hydrogens is 256 g/mol. The lowest BCUT2D eigenvalue weighted by molar-refractivity contribution is -0.122. The Kier molecular flexibility index (Phi) is 4.37. The number of aromatic nitrogens is 2. The van der Waals surface area contributed by atoms with E-state index < -0.39 is 6.04 Å². The monoisotopic (exact) mass is 274 g/mol. The molecule has 0 aliphatic carbocycles. The van der Waals surface area contributed by atoms with Gasteiger partial charge in [-0.05, 0) is 30.2 Å². The van der Waals surface area contributed by atoms with E-state index in [1.54, 1.807) is 35.1 Å². The number of rotatable bonds is 5. The highest BCUT2D eigenvalue weighted by Gasteiger charge is 2.14. The predicted octanol–water partition coefficient (Wildman–Crippen LogP) is 0.312. The van der Waals surface area contributed by atoms with E-state index in [2.05, 4.69) is 10.4 Å². The molecule has 1 amide bonds. The zero-order valence-electron chi connectivity index (χ0n) is 11.3. The van der Waals surface area contributed by atoms with E-state index in [-0.39, 0.29) is 11.7 Å². The molecule has 0 aliphatic rings. The lowest BCUT2D eigenvalue weighted by Crippen LogP contribution is -2.41. The maximum absolute atomic E-state index is 11.9. The molecule has 0 saturated heterocycles. The van der Waals surface area contributed by atoms with Gasteiger partial charge in [0.15, 0.2) is 0 Å². The fourth-order valence-corrected chi connectivity index (χ4v) is 1.86. The number of nitrogens with two attached hydrogens (primary N) is 1. The van der Waals surface area contributed by atoms with Crippen LogP contribution in [0.3, 0.4) is 0 Å². The van der Waals surface area contributed by atoms with Crippen LogP contribution in [0.1, 0.15) is 11.3 Å². The molecular formula is C14H18N4O2. The van der Waals surface area contributed by atoms with Crippen LogP contribution >= 0.6 is 0 Å². The number of phenols is 1. The van der Waals surface area contributed by atoms with E-state index in [0.29, 0.717) is 13.0 Å². The number of benzene rings is 1. The van der Waals surface area contributed by atoms with Crippen LogP contribution in [0.2, 0.25) is 0 Å². The van der Waals surface area contributed by atoms with Crippen LogP contribution in [0.5, 0.6) is 5.75 Å². The Labute approximate surface area is 117 Å². The second-order valence-corrected chi connectivity index (χ2v) is 4.64. The Morgan fingerprint density at radius 1 is 1.40 bits per heavy atom. The second kappa shape index (κ2) is 6.21. The van der Waals surface area contributed by atoms with Crippen molar-refractivity contribution >= 4 is 5.91 Å². The highest BCUT2D eigenvalue weighted by Crippen LogP contribution is 2.10. The fourth-order valence-electron chi connectivity index (χ4n) is 1.86. The van der Waals surface area contributed by atoms with Gasteiger partial charge in [-0.3, -0.25) is 9.48 Å². The number of carbonyl (C=O) groups excluding carboxylic acids is 1. The summed E-state index contributed by atoms with van der Waals surface area (Å²) in [5, 5.41) is 16.0. The van der Waals surface area contributed by atoms with E-state index in [1.165, 1.54) is 0 Å². The van der Waals surface area contributed by atoms with Crippen LogP contribution in [-0.2, 0) is 24.8 Å². The summed E-state index contributed by atoms with van der Waals surface area (Å²) in [5.41, 5.74) is 7.69. The predicted molar refractivity (Wildman–Crippen MR) is 74.8 cm³/mol. The van der Waals surface area contributed by atoms with Crippen LogP contribution in [0, 0.1) is 0 Å². The maximum Gasteiger partial charge on any atom is 0.237 e. The molecule has 106 valence electrons. The quantitative estimate of drug-likeness (QED) is 0.731. The van der Waals surface area contributed by atoms with E-state index in [9.17, 15) is 9.90 Å². The summed E-state index contributed by atoms with van der Waals surface area (Å²) >= 11 is 0. The topological polar surface area (TPSA) is 93.2 Å². The standard InChI is InChI=1S/C14H18N4O2/c1-18-11(6-7-17-18)9-16-14(20)13(15)8-10-2-4-12(19)5-3-10/h2-7,13,19H,8-9,15H2,1H3,(H,16,20). The van der Waals surface area contributed by atoms with Gasteiger partial charge in [0.05, 0.1) is 18.3 Å². The Balaban J connectivity index is 1.86.